The Balaban J connectivity index is 2.18. The predicted octanol–water partition coefficient (Wildman–Crippen LogP) is 4.69. The van der Waals surface area contributed by atoms with Crippen LogP contribution < -0.4 is 5.32 Å². The lowest BCUT2D eigenvalue weighted by atomic mass is 9.90. The number of alkyl halides is 3. The molecule has 1 aliphatic rings. The molecule has 5 heteroatoms. The lowest BCUT2D eigenvalue weighted by Gasteiger charge is -2.21. The number of nitrogens with zero attached hydrogens (tertiary/aromatic N) is 1. The van der Waals surface area contributed by atoms with Crippen LogP contribution in [0.1, 0.15) is 29.5 Å². The number of nitrogens with one attached hydrogen (secondary N) is 1. The van der Waals surface area contributed by atoms with Crippen molar-refractivity contribution in [3.8, 4) is 11.3 Å². The van der Waals surface area contributed by atoms with Crippen LogP contribution in [0.4, 0.5) is 19.0 Å². The molecule has 0 saturated carbocycles. The fourth-order valence-corrected chi connectivity index (χ4v) is 3.04. The van der Waals surface area contributed by atoms with Crippen LogP contribution in [0.25, 0.3) is 11.3 Å². The number of anilines is 1. The Hall–Kier alpha value is -2.04. The molecule has 0 fully saturated rings. The normalized spacial score (nSPS) is 14.5. The van der Waals surface area contributed by atoms with Crippen molar-refractivity contribution in [3.05, 3.63) is 47.0 Å². The highest BCUT2D eigenvalue weighted by atomic mass is 19.4. The quantitative estimate of drug-likeness (QED) is 0.871. The van der Waals surface area contributed by atoms with Gasteiger partial charge < -0.3 is 5.32 Å². The summed E-state index contributed by atoms with van der Waals surface area (Å²) < 4.78 is 39.6. The highest BCUT2D eigenvalue weighted by Gasteiger charge is 2.34. The molecule has 1 aromatic carbocycles. The van der Waals surface area contributed by atoms with E-state index in [0.717, 1.165) is 42.9 Å². The van der Waals surface area contributed by atoms with E-state index in [-0.39, 0.29) is 5.56 Å². The smallest absolute Gasteiger partial charge is 0.373 e. The van der Waals surface area contributed by atoms with Gasteiger partial charge in [0.2, 0.25) is 0 Å². The van der Waals surface area contributed by atoms with E-state index in [1.165, 1.54) is 12.1 Å². The van der Waals surface area contributed by atoms with Crippen LogP contribution in [0.3, 0.4) is 0 Å². The van der Waals surface area contributed by atoms with E-state index in [4.69, 9.17) is 0 Å². The third kappa shape index (κ3) is 2.67. The molecule has 0 unspecified atom stereocenters. The minimum atomic E-state index is -4.38. The second-order valence-corrected chi connectivity index (χ2v) is 5.49. The molecule has 3 rings (SSSR count). The molecular weight excluding hydrogens is 289 g/mol. The zero-order chi connectivity index (χ0) is 15.7. The Morgan fingerprint density at radius 1 is 1.09 bits per heavy atom. The fourth-order valence-electron chi connectivity index (χ4n) is 3.04. The maximum absolute atomic E-state index is 13.2. The first-order valence-electron chi connectivity index (χ1n) is 7.38. The molecule has 0 amide bonds. The molecule has 0 bridgehead atoms. The summed E-state index contributed by atoms with van der Waals surface area (Å²) >= 11 is 0. The Kier molecular flexibility index (Phi) is 3.81. The van der Waals surface area contributed by atoms with Gasteiger partial charge in [-0.2, -0.15) is 13.2 Å². The van der Waals surface area contributed by atoms with E-state index in [9.17, 15) is 13.2 Å². The molecule has 1 heterocycles. The summed E-state index contributed by atoms with van der Waals surface area (Å²) in [7, 11) is 1.76. The van der Waals surface area contributed by atoms with Gasteiger partial charge in [0.1, 0.15) is 5.82 Å². The Morgan fingerprint density at radius 3 is 2.55 bits per heavy atom. The number of pyridine rings is 1. The van der Waals surface area contributed by atoms with E-state index in [0.29, 0.717) is 11.5 Å². The lowest BCUT2D eigenvalue weighted by Crippen LogP contribution is -2.11. The first-order chi connectivity index (χ1) is 10.5. The number of aryl methyl sites for hydroxylation is 1. The zero-order valence-corrected chi connectivity index (χ0v) is 12.3. The van der Waals surface area contributed by atoms with Crippen molar-refractivity contribution in [2.45, 2.75) is 31.9 Å². The van der Waals surface area contributed by atoms with Gasteiger partial charge in [0.05, 0.1) is 11.3 Å². The molecule has 0 radical (unpaired) electrons. The summed E-state index contributed by atoms with van der Waals surface area (Å²) in [5, 5.41) is 3.03. The molecule has 0 spiro atoms. The predicted molar refractivity (Wildman–Crippen MR) is 80.9 cm³/mol. The average molecular weight is 306 g/mol. The van der Waals surface area contributed by atoms with Crippen molar-refractivity contribution < 1.29 is 13.2 Å². The molecule has 2 aromatic rings. The van der Waals surface area contributed by atoms with Crippen molar-refractivity contribution in [2.24, 2.45) is 0 Å². The van der Waals surface area contributed by atoms with Gasteiger partial charge in [-0.05, 0) is 48.9 Å². The standard InChI is InChI=1S/C17H17F3N2/c1-21-16-12-7-3-2-6-11(12)10-15(22-16)13-8-4-5-9-14(13)17(18,19)20/h4-5,8-10H,2-3,6-7H2,1H3,(H,21,22). The summed E-state index contributed by atoms with van der Waals surface area (Å²) in [6.07, 6.45) is -0.385. The molecule has 0 aliphatic heterocycles. The Morgan fingerprint density at radius 2 is 1.82 bits per heavy atom. The lowest BCUT2D eigenvalue weighted by molar-refractivity contribution is -0.137. The van der Waals surface area contributed by atoms with Gasteiger partial charge in [-0.3, -0.25) is 0 Å². The molecule has 116 valence electrons. The number of benzene rings is 1. The van der Waals surface area contributed by atoms with Crippen LogP contribution in [-0.2, 0) is 19.0 Å². The van der Waals surface area contributed by atoms with Gasteiger partial charge >= 0.3 is 6.18 Å². The van der Waals surface area contributed by atoms with Gasteiger partial charge in [0, 0.05) is 12.6 Å². The molecule has 0 saturated heterocycles. The number of aromatic nitrogens is 1. The highest BCUT2D eigenvalue weighted by molar-refractivity contribution is 5.69. The Bertz CT molecular complexity index is 676. The van der Waals surface area contributed by atoms with E-state index in [1.54, 1.807) is 13.1 Å². The molecule has 1 aromatic heterocycles. The Labute approximate surface area is 127 Å². The third-order valence-corrected chi connectivity index (χ3v) is 4.08. The van der Waals surface area contributed by atoms with Crippen molar-refractivity contribution in [3.63, 3.8) is 0 Å². The zero-order valence-electron chi connectivity index (χ0n) is 12.3. The second kappa shape index (κ2) is 5.63. The number of halogens is 3. The third-order valence-electron chi connectivity index (χ3n) is 4.08. The van der Waals surface area contributed by atoms with Gasteiger partial charge in [-0.15, -0.1) is 0 Å². The number of rotatable bonds is 2. The summed E-state index contributed by atoms with van der Waals surface area (Å²) in [4.78, 5) is 4.44. The van der Waals surface area contributed by atoms with Gasteiger partial charge in [0.15, 0.2) is 0 Å². The topological polar surface area (TPSA) is 24.9 Å². The summed E-state index contributed by atoms with van der Waals surface area (Å²) in [5.74, 6) is 0.698. The van der Waals surface area contributed by atoms with Crippen molar-refractivity contribution in [2.75, 3.05) is 12.4 Å². The van der Waals surface area contributed by atoms with Gasteiger partial charge in [-0.1, -0.05) is 18.2 Å². The van der Waals surface area contributed by atoms with Crippen LogP contribution in [0.5, 0.6) is 0 Å². The molecule has 1 aliphatic carbocycles. The molecular formula is C17H17F3N2. The molecule has 2 nitrogen and oxygen atoms in total. The molecule has 22 heavy (non-hydrogen) atoms. The first kappa shape index (κ1) is 14.9. The number of fused-ring (bicyclic) bond motifs is 1. The largest absolute Gasteiger partial charge is 0.417 e. The minimum Gasteiger partial charge on any atom is -0.373 e. The van der Waals surface area contributed by atoms with E-state index >= 15 is 0 Å². The summed E-state index contributed by atoms with van der Waals surface area (Å²) in [5.41, 5.74) is 2.14. The fraction of sp³-hybridized carbons (Fsp3) is 0.353. The van der Waals surface area contributed by atoms with Crippen LogP contribution in [0.15, 0.2) is 30.3 Å². The minimum absolute atomic E-state index is 0.139. The van der Waals surface area contributed by atoms with Crippen molar-refractivity contribution in [1.29, 1.82) is 0 Å². The molecule has 1 N–H and O–H groups in total. The summed E-state index contributed by atoms with van der Waals surface area (Å²) in [6.45, 7) is 0. The van der Waals surface area contributed by atoms with Crippen LogP contribution in [0, 0.1) is 0 Å². The monoisotopic (exact) mass is 306 g/mol. The number of hydrogen-bond donors (Lipinski definition) is 1. The SMILES string of the molecule is CNc1nc(-c2ccccc2C(F)(F)F)cc2c1CCCC2. The maximum Gasteiger partial charge on any atom is 0.417 e. The van der Waals surface area contributed by atoms with Gasteiger partial charge in [-0.25, -0.2) is 4.98 Å². The van der Waals surface area contributed by atoms with E-state index in [2.05, 4.69) is 10.3 Å². The van der Waals surface area contributed by atoms with Crippen molar-refractivity contribution in [1.82, 2.24) is 4.98 Å². The van der Waals surface area contributed by atoms with Crippen molar-refractivity contribution >= 4 is 5.82 Å². The van der Waals surface area contributed by atoms with E-state index < -0.39 is 11.7 Å². The van der Waals surface area contributed by atoms with Crippen LogP contribution >= 0.6 is 0 Å². The van der Waals surface area contributed by atoms with E-state index in [1.807, 2.05) is 6.07 Å². The van der Waals surface area contributed by atoms with Gasteiger partial charge in [0.25, 0.3) is 0 Å². The van der Waals surface area contributed by atoms with Crippen LogP contribution in [0.2, 0.25) is 0 Å². The van der Waals surface area contributed by atoms with Crippen LogP contribution in [-0.4, -0.2) is 12.0 Å². The second-order valence-electron chi connectivity index (χ2n) is 5.49. The molecule has 0 atom stereocenters. The maximum atomic E-state index is 13.2. The average Bonchev–Trinajstić information content (AvgIpc) is 2.53. The first-order valence-corrected chi connectivity index (χ1v) is 7.38. The summed E-state index contributed by atoms with van der Waals surface area (Å²) in [6, 6.07) is 7.43. The highest BCUT2D eigenvalue weighted by Crippen LogP contribution is 2.38. The number of hydrogen-bond acceptors (Lipinski definition) is 2.